The van der Waals surface area contributed by atoms with E-state index in [4.69, 9.17) is 4.74 Å². The third-order valence-corrected chi connectivity index (χ3v) is 3.84. The number of carbonyl (C=O) groups excluding carboxylic acids is 1. The first-order valence-corrected chi connectivity index (χ1v) is 8.86. The van der Waals surface area contributed by atoms with Crippen LogP contribution in [0.4, 0.5) is 5.69 Å². The molecule has 3 aromatic rings. The lowest BCUT2D eigenvalue weighted by atomic mass is 10.1. The highest BCUT2D eigenvalue weighted by molar-refractivity contribution is 6.02. The second-order valence-corrected chi connectivity index (χ2v) is 6.40. The Morgan fingerprint density at radius 1 is 1.18 bits per heavy atom. The number of imidazole rings is 1. The zero-order valence-corrected chi connectivity index (χ0v) is 16.2. The molecule has 1 heterocycles. The average molecular weight is 377 g/mol. The number of rotatable bonds is 6. The Balaban J connectivity index is 1.81. The Morgan fingerprint density at radius 3 is 2.57 bits per heavy atom. The molecule has 0 aliphatic rings. The van der Waals surface area contributed by atoms with Gasteiger partial charge in [0, 0.05) is 39.1 Å². The standard InChI is InChI=1S/C21H23N5O2/c1-16(27)23-18-10-8-17(9-11-18)14-28-20-7-5-4-6-19(20)21(24-25(2)3)26-13-12-22-15-26/h4-13,15H,14H2,1-3H3,(H,23,27). The van der Waals surface area contributed by atoms with Gasteiger partial charge in [0.2, 0.25) is 5.91 Å². The Kier molecular flexibility index (Phi) is 6.06. The molecule has 1 N–H and O–H groups in total. The normalized spacial score (nSPS) is 11.2. The second kappa shape index (κ2) is 8.85. The van der Waals surface area contributed by atoms with Crippen molar-refractivity contribution in [1.29, 1.82) is 0 Å². The lowest BCUT2D eigenvalue weighted by Gasteiger charge is -2.16. The minimum absolute atomic E-state index is 0.0925. The summed E-state index contributed by atoms with van der Waals surface area (Å²) in [5.74, 6) is 1.35. The van der Waals surface area contributed by atoms with Gasteiger partial charge in [-0.1, -0.05) is 24.3 Å². The van der Waals surface area contributed by atoms with E-state index in [2.05, 4.69) is 15.4 Å². The summed E-state index contributed by atoms with van der Waals surface area (Å²) >= 11 is 0. The van der Waals surface area contributed by atoms with Crippen molar-refractivity contribution in [3.8, 4) is 5.75 Å². The summed E-state index contributed by atoms with van der Waals surface area (Å²) in [5.41, 5.74) is 2.62. The number of aromatic nitrogens is 2. The van der Waals surface area contributed by atoms with Gasteiger partial charge < -0.3 is 15.1 Å². The summed E-state index contributed by atoms with van der Waals surface area (Å²) in [6, 6.07) is 15.3. The van der Waals surface area contributed by atoms with E-state index in [0.29, 0.717) is 6.61 Å². The van der Waals surface area contributed by atoms with Crippen LogP contribution in [0.25, 0.3) is 0 Å². The number of hydrogen-bond donors (Lipinski definition) is 1. The van der Waals surface area contributed by atoms with E-state index in [1.165, 1.54) is 6.92 Å². The van der Waals surface area contributed by atoms with Crippen LogP contribution in [0.5, 0.6) is 5.75 Å². The van der Waals surface area contributed by atoms with E-state index in [9.17, 15) is 4.79 Å². The number of ether oxygens (including phenoxy) is 1. The van der Waals surface area contributed by atoms with Gasteiger partial charge in [0.25, 0.3) is 0 Å². The summed E-state index contributed by atoms with van der Waals surface area (Å²) < 4.78 is 7.94. The molecule has 0 saturated heterocycles. The third kappa shape index (κ3) is 4.97. The highest BCUT2D eigenvalue weighted by atomic mass is 16.5. The summed E-state index contributed by atoms with van der Waals surface area (Å²) in [4.78, 5) is 15.2. The Morgan fingerprint density at radius 2 is 1.93 bits per heavy atom. The zero-order valence-electron chi connectivity index (χ0n) is 16.2. The molecule has 7 nitrogen and oxygen atoms in total. The predicted octanol–water partition coefficient (Wildman–Crippen LogP) is 3.19. The number of para-hydroxylation sites is 1. The Bertz CT molecular complexity index is 947. The van der Waals surface area contributed by atoms with Gasteiger partial charge in [0.15, 0.2) is 5.84 Å². The molecule has 0 aliphatic carbocycles. The van der Waals surface area contributed by atoms with E-state index < -0.39 is 0 Å². The van der Waals surface area contributed by atoms with E-state index in [-0.39, 0.29) is 5.91 Å². The van der Waals surface area contributed by atoms with Gasteiger partial charge in [-0.25, -0.2) is 4.98 Å². The maximum absolute atomic E-state index is 11.1. The van der Waals surface area contributed by atoms with Crippen LogP contribution < -0.4 is 10.1 Å². The van der Waals surface area contributed by atoms with Gasteiger partial charge in [-0.3, -0.25) is 9.36 Å². The largest absolute Gasteiger partial charge is 0.488 e. The van der Waals surface area contributed by atoms with E-state index in [1.807, 2.05) is 73.4 Å². The molecule has 1 aromatic heterocycles. The highest BCUT2D eigenvalue weighted by Gasteiger charge is 2.13. The van der Waals surface area contributed by atoms with Gasteiger partial charge >= 0.3 is 0 Å². The molecule has 0 fully saturated rings. The molecule has 0 saturated carbocycles. The first kappa shape index (κ1) is 19.2. The van der Waals surface area contributed by atoms with Crippen molar-refractivity contribution in [3.05, 3.63) is 78.4 Å². The van der Waals surface area contributed by atoms with Crippen LogP contribution in [-0.2, 0) is 11.4 Å². The average Bonchev–Trinajstić information content (AvgIpc) is 3.20. The van der Waals surface area contributed by atoms with Crippen molar-refractivity contribution in [1.82, 2.24) is 14.6 Å². The van der Waals surface area contributed by atoms with Crippen molar-refractivity contribution in [3.63, 3.8) is 0 Å². The number of hydrogen-bond acceptors (Lipinski definition) is 5. The highest BCUT2D eigenvalue weighted by Crippen LogP contribution is 2.22. The summed E-state index contributed by atoms with van der Waals surface area (Å²) in [7, 11) is 3.74. The second-order valence-electron chi connectivity index (χ2n) is 6.40. The van der Waals surface area contributed by atoms with Gasteiger partial charge in [-0.15, -0.1) is 0 Å². The van der Waals surface area contributed by atoms with Crippen LogP contribution >= 0.6 is 0 Å². The van der Waals surface area contributed by atoms with Crippen molar-refractivity contribution in [2.45, 2.75) is 13.5 Å². The maximum Gasteiger partial charge on any atom is 0.221 e. The Hall–Kier alpha value is -3.61. The predicted molar refractivity (Wildman–Crippen MR) is 109 cm³/mol. The Labute approximate surface area is 164 Å². The molecule has 28 heavy (non-hydrogen) atoms. The smallest absolute Gasteiger partial charge is 0.221 e. The fraction of sp³-hybridized carbons (Fsp3) is 0.190. The van der Waals surface area contributed by atoms with Crippen molar-refractivity contribution in [2.24, 2.45) is 5.10 Å². The fourth-order valence-corrected chi connectivity index (χ4v) is 2.64. The van der Waals surface area contributed by atoms with Crippen LogP contribution in [-0.4, -0.2) is 40.4 Å². The SMILES string of the molecule is CC(=O)Nc1ccc(COc2ccccc2C(=NN(C)C)n2ccnc2)cc1. The third-order valence-electron chi connectivity index (χ3n) is 3.84. The zero-order chi connectivity index (χ0) is 19.9. The molecule has 0 bridgehead atoms. The molecule has 3 rings (SSSR count). The quantitative estimate of drug-likeness (QED) is 0.407. The van der Waals surface area contributed by atoms with Crippen LogP contribution in [0, 0.1) is 0 Å². The topological polar surface area (TPSA) is 71.8 Å². The summed E-state index contributed by atoms with van der Waals surface area (Å²) in [6.45, 7) is 1.89. The van der Waals surface area contributed by atoms with Crippen LogP contribution in [0.3, 0.4) is 0 Å². The van der Waals surface area contributed by atoms with E-state index in [1.54, 1.807) is 17.5 Å². The van der Waals surface area contributed by atoms with Gasteiger partial charge in [0.05, 0.1) is 5.56 Å². The van der Waals surface area contributed by atoms with Gasteiger partial charge in [0.1, 0.15) is 18.7 Å². The first-order chi connectivity index (χ1) is 13.5. The minimum Gasteiger partial charge on any atom is -0.488 e. The molecule has 0 radical (unpaired) electrons. The van der Waals surface area contributed by atoms with Crippen LogP contribution in [0.15, 0.2) is 72.4 Å². The molecule has 7 heteroatoms. The molecule has 0 spiro atoms. The number of amides is 1. The lowest BCUT2D eigenvalue weighted by molar-refractivity contribution is -0.114. The van der Waals surface area contributed by atoms with Crippen molar-refractivity contribution < 1.29 is 9.53 Å². The van der Waals surface area contributed by atoms with Gasteiger partial charge in [-0.05, 0) is 29.8 Å². The van der Waals surface area contributed by atoms with Crippen molar-refractivity contribution >= 4 is 17.4 Å². The molecular formula is C21H23N5O2. The molecule has 0 aliphatic heterocycles. The van der Waals surface area contributed by atoms with Crippen LogP contribution in [0.1, 0.15) is 18.1 Å². The monoisotopic (exact) mass is 377 g/mol. The molecule has 2 aromatic carbocycles. The molecule has 0 atom stereocenters. The number of nitrogens with zero attached hydrogens (tertiary/aromatic N) is 4. The summed E-state index contributed by atoms with van der Waals surface area (Å²) in [5, 5.41) is 9.09. The first-order valence-electron chi connectivity index (χ1n) is 8.86. The molecular weight excluding hydrogens is 354 g/mol. The van der Waals surface area contributed by atoms with Gasteiger partial charge in [-0.2, -0.15) is 5.10 Å². The summed E-state index contributed by atoms with van der Waals surface area (Å²) in [6.07, 6.45) is 5.27. The number of anilines is 1. The molecule has 144 valence electrons. The van der Waals surface area contributed by atoms with Crippen LogP contribution in [0.2, 0.25) is 0 Å². The van der Waals surface area contributed by atoms with Crippen molar-refractivity contribution in [2.75, 3.05) is 19.4 Å². The maximum atomic E-state index is 11.1. The minimum atomic E-state index is -0.0925. The number of nitrogens with one attached hydrogen (secondary N) is 1. The fourth-order valence-electron chi connectivity index (χ4n) is 2.64. The molecule has 1 amide bonds. The molecule has 0 unspecified atom stereocenters. The van der Waals surface area contributed by atoms with E-state index >= 15 is 0 Å². The number of benzene rings is 2. The lowest BCUT2D eigenvalue weighted by Crippen LogP contribution is -2.18. The number of hydrazone groups is 1. The number of carbonyl (C=O) groups is 1. The van der Waals surface area contributed by atoms with E-state index in [0.717, 1.165) is 28.4 Å².